The van der Waals surface area contributed by atoms with Crippen LogP contribution in [0.4, 0.5) is 5.82 Å². The van der Waals surface area contributed by atoms with E-state index in [-0.39, 0.29) is 18.0 Å². The van der Waals surface area contributed by atoms with Crippen LogP contribution < -0.4 is 5.32 Å². The van der Waals surface area contributed by atoms with Crippen molar-refractivity contribution in [1.82, 2.24) is 19.8 Å². The molecule has 0 saturated carbocycles. The first-order chi connectivity index (χ1) is 12.5. The highest BCUT2D eigenvalue weighted by atomic mass is 32.1. The third-order valence-corrected chi connectivity index (χ3v) is 7.67. The fourth-order valence-electron chi connectivity index (χ4n) is 5.20. The molecule has 2 bridgehead atoms. The van der Waals surface area contributed by atoms with Crippen molar-refractivity contribution in [3.63, 3.8) is 0 Å². The van der Waals surface area contributed by atoms with E-state index in [1.807, 2.05) is 11.3 Å². The Hall–Kier alpha value is -1.73. The molecule has 138 valence electrons. The molecule has 3 aliphatic rings. The molecule has 7 heteroatoms. The number of aromatic nitrogens is 2. The molecule has 0 unspecified atom stereocenters. The van der Waals surface area contributed by atoms with Crippen LogP contribution in [0.2, 0.25) is 0 Å². The molecule has 2 aromatic rings. The number of nitrogens with zero attached hydrogens (tertiary/aromatic N) is 4. The number of rotatable bonds is 3. The van der Waals surface area contributed by atoms with Crippen molar-refractivity contribution in [3.8, 4) is 0 Å². The van der Waals surface area contributed by atoms with Gasteiger partial charge in [-0.2, -0.15) is 0 Å². The molecule has 1 N–H and O–H groups in total. The highest BCUT2D eigenvalue weighted by Gasteiger charge is 2.55. The maximum absolute atomic E-state index is 12.1. The van der Waals surface area contributed by atoms with Crippen molar-refractivity contribution in [2.24, 2.45) is 0 Å². The second-order valence-corrected chi connectivity index (χ2v) is 9.16. The standard InChI is InChI=1S/C19H25N5OS/c1-10(25)24-13-7-11(23(2)3)8-14(24)17(13)22-18-16-12-5-4-6-15(12)26-19(16)21-9-20-18/h9,11,13-14,17H,4-8H2,1-3H3,(H,20,21,22)/t11-,13-,14+,17-. The van der Waals surface area contributed by atoms with Gasteiger partial charge in [-0.1, -0.05) is 0 Å². The van der Waals surface area contributed by atoms with E-state index in [4.69, 9.17) is 0 Å². The number of carbonyl (C=O) groups excluding carboxylic acids is 1. The summed E-state index contributed by atoms with van der Waals surface area (Å²) < 4.78 is 0. The minimum absolute atomic E-state index is 0.194. The number of piperidine rings is 1. The minimum Gasteiger partial charge on any atom is -0.363 e. The summed E-state index contributed by atoms with van der Waals surface area (Å²) in [4.78, 5) is 28.2. The first-order valence-corrected chi connectivity index (χ1v) is 10.3. The quantitative estimate of drug-likeness (QED) is 0.897. The first-order valence-electron chi connectivity index (χ1n) is 9.51. The fourth-order valence-corrected chi connectivity index (χ4v) is 6.43. The highest BCUT2D eigenvalue weighted by molar-refractivity contribution is 7.19. The van der Waals surface area contributed by atoms with Crippen molar-refractivity contribution in [3.05, 3.63) is 16.8 Å². The number of hydrogen-bond acceptors (Lipinski definition) is 6. The van der Waals surface area contributed by atoms with E-state index in [1.54, 1.807) is 13.3 Å². The number of hydrogen-bond donors (Lipinski definition) is 1. The summed E-state index contributed by atoms with van der Waals surface area (Å²) in [5.74, 6) is 1.17. The zero-order valence-electron chi connectivity index (χ0n) is 15.5. The van der Waals surface area contributed by atoms with E-state index in [2.05, 4.69) is 39.2 Å². The molecular formula is C19H25N5OS. The van der Waals surface area contributed by atoms with Gasteiger partial charge < -0.3 is 15.1 Å². The molecule has 6 nitrogen and oxygen atoms in total. The predicted molar refractivity (Wildman–Crippen MR) is 104 cm³/mol. The Kier molecular flexibility index (Phi) is 3.72. The van der Waals surface area contributed by atoms with Gasteiger partial charge in [-0.05, 0) is 51.8 Å². The van der Waals surface area contributed by atoms with Gasteiger partial charge in [-0.3, -0.25) is 4.79 Å². The SMILES string of the molecule is CC(=O)N1[C@@H]2C[C@@H](N(C)C)C[C@H]1[C@@H]2Nc1ncnc2sc3c(c12)CCC3. The topological polar surface area (TPSA) is 61.4 Å². The molecule has 4 heterocycles. The van der Waals surface area contributed by atoms with Gasteiger partial charge in [0, 0.05) is 17.8 Å². The molecule has 0 aromatic carbocycles. The van der Waals surface area contributed by atoms with Crippen molar-refractivity contribution in [2.45, 2.75) is 63.2 Å². The van der Waals surface area contributed by atoms with Crippen molar-refractivity contribution in [2.75, 3.05) is 19.4 Å². The lowest BCUT2D eigenvalue weighted by atomic mass is 9.72. The molecule has 1 amide bonds. The summed E-state index contributed by atoms with van der Waals surface area (Å²) in [6, 6.07) is 1.37. The summed E-state index contributed by atoms with van der Waals surface area (Å²) in [6.45, 7) is 1.70. The Labute approximate surface area is 157 Å². The van der Waals surface area contributed by atoms with Crippen LogP contribution in [-0.4, -0.2) is 63.9 Å². The normalized spacial score (nSPS) is 29.8. The van der Waals surface area contributed by atoms with Crippen LogP contribution >= 0.6 is 11.3 Å². The van der Waals surface area contributed by atoms with Crippen LogP contribution in [0.15, 0.2) is 6.33 Å². The molecule has 2 aliphatic heterocycles. The lowest BCUT2D eigenvalue weighted by Gasteiger charge is -2.61. The van der Waals surface area contributed by atoms with Gasteiger partial charge in [0.2, 0.25) is 5.91 Å². The lowest BCUT2D eigenvalue weighted by Crippen LogP contribution is -2.76. The zero-order valence-corrected chi connectivity index (χ0v) is 16.3. The first kappa shape index (κ1) is 16.4. The molecule has 2 saturated heterocycles. The highest BCUT2D eigenvalue weighted by Crippen LogP contribution is 2.44. The Morgan fingerprint density at radius 3 is 2.73 bits per heavy atom. The largest absolute Gasteiger partial charge is 0.363 e. The van der Waals surface area contributed by atoms with Crippen LogP contribution in [0.5, 0.6) is 0 Å². The van der Waals surface area contributed by atoms with Crippen LogP contribution in [0.3, 0.4) is 0 Å². The van der Waals surface area contributed by atoms with Gasteiger partial charge in [0.15, 0.2) is 0 Å². The maximum Gasteiger partial charge on any atom is 0.220 e. The Balaban J connectivity index is 1.46. The van der Waals surface area contributed by atoms with E-state index in [0.717, 1.165) is 29.9 Å². The zero-order chi connectivity index (χ0) is 18.0. The molecule has 0 spiro atoms. The number of anilines is 1. The number of nitrogens with one attached hydrogen (secondary N) is 1. The third kappa shape index (κ3) is 2.29. The Morgan fingerprint density at radius 1 is 1.27 bits per heavy atom. The monoisotopic (exact) mass is 371 g/mol. The minimum atomic E-state index is 0.194. The molecule has 4 atom stereocenters. The van der Waals surface area contributed by atoms with E-state index >= 15 is 0 Å². The predicted octanol–water partition coefficient (Wildman–Crippen LogP) is 2.28. The average Bonchev–Trinajstić information content (AvgIpc) is 3.19. The van der Waals surface area contributed by atoms with E-state index < -0.39 is 0 Å². The average molecular weight is 372 g/mol. The third-order valence-electron chi connectivity index (χ3n) is 6.47. The van der Waals surface area contributed by atoms with Crippen LogP contribution in [0.1, 0.15) is 36.6 Å². The summed E-state index contributed by atoms with van der Waals surface area (Å²) >= 11 is 1.82. The van der Waals surface area contributed by atoms with Gasteiger partial charge in [-0.15, -0.1) is 11.3 Å². The summed E-state index contributed by atoms with van der Waals surface area (Å²) in [5, 5.41) is 4.96. The van der Waals surface area contributed by atoms with Crippen molar-refractivity contribution in [1.29, 1.82) is 0 Å². The fraction of sp³-hybridized carbons (Fsp3) is 0.632. The molecule has 1 aliphatic carbocycles. The van der Waals surface area contributed by atoms with E-state index in [1.165, 1.54) is 28.7 Å². The van der Waals surface area contributed by atoms with E-state index in [0.29, 0.717) is 12.1 Å². The van der Waals surface area contributed by atoms with Gasteiger partial charge in [0.1, 0.15) is 17.0 Å². The lowest BCUT2D eigenvalue weighted by molar-refractivity contribution is -0.152. The number of fused-ring (bicyclic) bond motifs is 5. The van der Waals surface area contributed by atoms with Gasteiger partial charge in [-0.25, -0.2) is 9.97 Å². The molecule has 2 fully saturated rings. The number of carbonyl (C=O) groups is 1. The second kappa shape index (κ2) is 5.89. The van der Waals surface area contributed by atoms with Crippen molar-refractivity contribution >= 4 is 33.3 Å². The maximum atomic E-state index is 12.1. The molecular weight excluding hydrogens is 346 g/mol. The van der Waals surface area contributed by atoms with Crippen LogP contribution in [0, 0.1) is 0 Å². The van der Waals surface area contributed by atoms with Crippen molar-refractivity contribution < 1.29 is 4.79 Å². The second-order valence-electron chi connectivity index (χ2n) is 8.08. The number of aryl methyl sites for hydroxylation is 2. The van der Waals surface area contributed by atoms with Gasteiger partial charge in [0.25, 0.3) is 0 Å². The summed E-state index contributed by atoms with van der Waals surface area (Å²) in [6.07, 6.45) is 7.27. The summed E-state index contributed by atoms with van der Waals surface area (Å²) in [5.41, 5.74) is 1.45. The molecule has 2 aromatic heterocycles. The van der Waals surface area contributed by atoms with E-state index in [9.17, 15) is 4.79 Å². The van der Waals surface area contributed by atoms with Crippen LogP contribution in [-0.2, 0) is 17.6 Å². The smallest absolute Gasteiger partial charge is 0.220 e. The Bertz CT molecular complexity index is 864. The van der Waals surface area contributed by atoms with Crippen LogP contribution in [0.25, 0.3) is 10.2 Å². The molecule has 26 heavy (non-hydrogen) atoms. The summed E-state index contributed by atoms with van der Waals surface area (Å²) in [7, 11) is 4.27. The Morgan fingerprint density at radius 2 is 2.04 bits per heavy atom. The number of amides is 1. The van der Waals surface area contributed by atoms with Gasteiger partial charge in [0.05, 0.1) is 23.5 Å². The molecule has 5 rings (SSSR count). The molecule has 0 radical (unpaired) electrons. The number of thiophene rings is 1. The van der Waals surface area contributed by atoms with Gasteiger partial charge >= 0.3 is 0 Å².